The zero-order valence-corrected chi connectivity index (χ0v) is 16.2. The largest absolute Gasteiger partial charge is 0.369 e. The Bertz CT molecular complexity index is 1000. The van der Waals surface area contributed by atoms with Crippen molar-refractivity contribution in [2.75, 3.05) is 7.05 Å². The summed E-state index contributed by atoms with van der Waals surface area (Å²) in [4.78, 5) is 18.8. The molecule has 0 fully saturated rings. The Kier molecular flexibility index (Phi) is 4.63. The molecule has 0 saturated carbocycles. The normalized spacial score (nSPS) is 20.3. The van der Waals surface area contributed by atoms with Gasteiger partial charge < -0.3 is 5.73 Å². The molecule has 0 spiro atoms. The van der Waals surface area contributed by atoms with E-state index in [1.165, 1.54) is 4.90 Å². The molecule has 0 aromatic heterocycles. The van der Waals surface area contributed by atoms with E-state index in [-0.39, 0.29) is 11.9 Å². The minimum absolute atomic E-state index is 0.0944. The van der Waals surface area contributed by atoms with Crippen LogP contribution in [0.25, 0.3) is 0 Å². The second-order valence-corrected chi connectivity index (χ2v) is 8.35. The quantitative estimate of drug-likeness (QED) is 0.708. The van der Waals surface area contributed by atoms with E-state index < -0.39 is 21.4 Å². The van der Waals surface area contributed by atoms with Gasteiger partial charge >= 0.3 is 0 Å². The predicted octanol–water partition coefficient (Wildman–Crippen LogP) is 1.87. The van der Waals surface area contributed by atoms with Crippen molar-refractivity contribution in [3.8, 4) is 0 Å². The Balaban J connectivity index is 2.16. The lowest BCUT2D eigenvalue weighted by atomic mass is 9.82. The lowest BCUT2D eigenvalue weighted by Gasteiger charge is -2.26. The highest BCUT2D eigenvalue weighted by atomic mass is 79.9. The number of nitrogens with two attached hydrogens (primary N) is 1. The molecule has 1 amide bonds. The summed E-state index contributed by atoms with van der Waals surface area (Å²) >= 11 is 3.40. The second kappa shape index (κ2) is 6.49. The van der Waals surface area contributed by atoms with E-state index in [1.54, 1.807) is 49.5 Å². The van der Waals surface area contributed by atoms with Crippen molar-refractivity contribution >= 4 is 37.9 Å². The van der Waals surface area contributed by atoms with Gasteiger partial charge in [0.05, 0.1) is 0 Å². The first kappa shape index (κ1) is 18.6. The number of carbonyl (C=O) groups excluding carboxylic acids is 1. The van der Waals surface area contributed by atoms with E-state index in [0.717, 1.165) is 4.47 Å². The first-order valence-corrected chi connectivity index (χ1v) is 9.98. The molecule has 1 unspecified atom stereocenters. The van der Waals surface area contributed by atoms with Gasteiger partial charge in [-0.05, 0) is 28.8 Å². The fourth-order valence-corrected chi connectivity index (χ4v) is 3.96. The van der Waals surface area contributed by atoms with Crippen LogP contribution in [0.2, 0.25) is 0 Å². The van der Waals surface area contributed by atoms with Gasteiger partial charge in [0, 0.05) is 11.5 Å². The molecule has 1 atom stereocenters. The zero-order chi connectivity index (χ0) is 19.1. The van der Waals surface area contributed by atoms with Crippen molar-refractivity contribution in [2.45, 2.75) is 11.3 Å². The summed E-state index contributed by atoms with van der Waals surface area (Å²) < 4.78 is 31.9. The molecular weight excluding hydrogens is 422 g/mol. The number of carbonyl (C=O) groups is 1. The monoisotopic (exact) mass is 437 g/mol. The minimum atomic E-state index is -4.14. The number of likely N-dealkylation sites (N-methyl/N-ethyl adjacent to an activating group) is 1. The average Bonchev–Trinajstić information content (AvgIpc) is 2.79. The average molecular weight is 438 g/mol. The van der Waals surface area contributed by atoms with Crippen LogP contribution in [0.4, 0.5) is 0 Å². The summed E-state index contributed by atoms with van der Waals surface area (Å²) in [5.74, 6) is -0.719. The third-order valence-corrected chi connectivity index (χ3v) is 5.39. The van der Waals surface area contributed by atoms with Gasteiger partial charge in [-0.3, -0.25) is 14.2 Å². The van der Waals surface area contributed by atoms with Crippen LogP contribution in [-0.2, 0) is 26.2 Å². The van der Waals surface area contributed by atoms with Crippen LogP contribution in [0.1, 0.15) is 16.7 Å². The van der Waals surface area contributed by atoms with E-state index in [2.05, 4.69) is 20.9 Å². The van der Waals surface area contributed by atoms with Crippen LogP contribution >= 0.6 is 15.9 Å². The molecule has 9 heteroatoms. The molecule has 26 heavy (non-hydrogen) atoms. The summed E-state index contributed by atoms with van der Waals surface area (Å²) in [6.45, 7) is 0. The SMILES string of the molecule is CN1C(=O)C(c2ccc(CS(=O)(=O)O)cc2)(c2cccc(Br)c2)N=C1N. The van der Waals surface area contributed by atoms with E-state index in [9.17, 15) is 13.2 Å². The number of aliphatic imine (C=N–C) groups is 1. The molecule has 0 saturated heterocycles. The van der Waals surface area contributed by atoms with Crippen molar-refractivity contribution in [1.29, 1.82) is 0 Å². The zero-order valence-electron chi connectivity index (χ0n) is 13.8. The van der Waals surface area contributed by atoms with Gasteiger partial charge in [0.15, 0.2) is 11.5 Å². The molecule has 136 valence electrons. The highest BCUT2D eigenvalue weighted by molar-refractivity contribution is 9.10. The van der Waals surface area contributed by atoms with Crippen LogP contribution in [0.5, 0.6) is 0 Å². The molecule has 0 radical (unpaired) electrons. The minimum Gasteiger partial charge on any atom is -0.369 e. The number of benzene rings is 2. The fraction of sp³-hybridized carbons (Fsp3) is 0.176. The van der Waals surface area contributed by atoms with Gasteiger partial charge in [0.25, 0.3) is 16.0 Å². The van der Waals surface area contributed by atoms with E-state index in [1.807, 2.05) is 6.07 Å². The molecule has 1 aliphatic rings. The number of halogens is 1. The summed E-state index contributed by atoms with van der Waals surface area (Å²) in [5.41, 5.74) is 6.13. The van der Waals surface area contributed by atoms with E-state index >= 15 is 0 Å². The maximum Gasteiger partial charge on any atom is 0.269 e. The molecule has 3 rings (SSSR count). The summed E-state index contributed by atoms with van der Waals surface area (Å²) in [6.07, 6.45) is 0. The molecule has 7 nitrogen and oxygen atoms in total. The molecular formula is C17H16BrN3O4S. The predicted molar refractivity (Wildman–Crippen MR) is 101 cm³/mol. The van der Waals surface area contributed by atoms with Crippen LogP contribution < -0.4 is 5.73 Å². The van der Waals surface area contributed by atoms with Crippen LogP contribution in [0.15, 0.2) is 58.0 Å². The Morgan fingerprint density at radius 1 is 1.19 bits per heavy atom. The van der Waals surface area contributed by atoms with Crippen molar-refractivity contribution in [3.05, 3.63) is 69.7 Å². The number of nitrogens with zero attached hydrogens (tertiary/aromatic N) is 2. The van der Waals surface area contributed by atoms with Gasteiger partial charge in [-0.2, -0.15) is 8.42 Å². The Labute approximate surface area is 159 Å². The van der Waals surface area contributed by atoms with Gasteiger partial charge in [-0.15, -0.1) is 0 Å². The van der Waals surface area contributed by atoms with Crippen molar-refractivity contribution in [1.82, 2.24) is 4.90 Å². The molecule has 0 aliphatic carbocycles. The molecule has 2 aromatic rings. The van der Waals surface area contributed by atoms with Gasteiger partial charge in [-0.1, -0.05) is 52.3 Å². The Morgan fingerprint density at radius 2 is 1.85 bits per heavy atom. The van der Waals surface area contributed by atoms with E-state index in [0.29, 0.717) is 16.7 Å². The maximum atomic E-state index is 13.0. The van der Waals surface area contributed by atoms with Crippen LogP contribution in [0.3, 0.4) is 0 Å². The topological polar surface area (TPSA) is 113 Å². The highest BCUT2D eigenvalue weighted by Crippen LogP contribution is 2.40. The van der Waals surface area contributed by atoms with Crippen molar-refractivity contribution in [3.63, 3.8) is 0 Å². The van der Waals surface area contributed by atoms with Crippen LogP contribution in [-0.4, -0.2) is 36.8 Å². The van der Waals surface area contributed by atoms with Gasteiger partial charge in [0.1, 0.15) is 5.75 Å². The number of rotatable bonds is 4. The van der Waals surface area contributed by atoms with Gasteiger partial charge in [-0.25, -0.2) is 4.99 Å². The fourth-order valence-electron chi connectivity index (χ4n) is 2.95. The Hall–Kier alpha value is -2.23. The van der Waals surface area contributed by atoms with Crippen LogP contribution in [0, 0.1) is 0 Å². The summed E-state index contributed by atoms with van der Waals surface area (Å²) in [6, 6.07) is 13.5. The third kappa shape index (κ3) is 3.25. The third-order valence-electron chi connectivity index (χ3n) is 4.20. The molecule has 1 aliphatic heterocycles. The molecule has 2 aromatic carbocycles. The molecule has 1 heterocycles. The lowest BCUT2D eigenvalue weighted by Crippen LogP contribution is -2.41. The first-order chi connectivity index (χ1) is 12.1. The Morgan fingerprint density at radius 3 is 2.35 bits per heavy atom. The van der Waals surface area contributed by atoms with Crippen molar-refractivity contribution < 1.29 is 17.8 Å². The summed E-state index contributed by atoms with van der Waals surface area (Å²) in [7, 11) is -2.59. The van der Waals surface area contributed by atoms with E-state index in [4.69, 9.17) is 10.3 Å². The number of guanidine groups is 1. The number of hydrogen-bond acceptors (Lipinski definition) is 5. The standard InChI is InChI=1S/C17H16BrN3O4S/c1-21-15(22)17(20-16(21)19,13-3-2-4-14(18)9-13)12-7-5-11(6-8-12)10-26(23,24)25/h2-9H,10H2,1H3,(H2,19,20)(H,23,24,25). The van der Waals surface area contributed by atoms with Gasteiger partial charge in [0.2, 0.25) is 0 Å². The second-order valence-electron chi connectivity index (χ2n) is 5.98. The molecule has 3 N–H and O–H groups in total. The van der Waals surface area contributed by atoms with Crippen molar-refractivity contribution in [2.24, 2.45) is 10.7 Å². The lowest BCUT2D eigenvalue weighted by molar-refractivity contribution is -0.129. The number of hydrogen-bond donors (Lipinski definition) is 2. The smallest absolute Gasteiger partial charge is 0.269 e. The number of amides is 1. The summed E-state index contributed by atoms with van der Waals surface area (Å²) in [5, 5.41) is 0. The first-order valence-electron chi connectivity index (χ1n) is 7.57. The highest BCUT2D eigenvalue weighted by Gasteiger charge is 2.49. The molecule has 0 bridgehead atoms. The maximum absolute atomic E-state index is 13.0.